The lowest BCUT2D eigenvalue weighted by molar-refractivity contribution is 0.0994. The molecule has 1 unspecified atom stereocenters. The van der Waals surface area contributed by atoms with E-state index in [0.29, 0.717) is 11.8 Å². The minimum absolute atomic E-state index is 0.335. The molecule has 0 amide bonds. The van der Waals surface area contributed by atoms with Gasteiger partial charge in [-0.25, -0.2) is 4.68 Å². The third-order valence-electron chi connectivity index (χ3n) is 3.67. The van der Waals surface area contributed by atoms with E-state index in [1.54, 1.807) is 0 Å². The van der Waals surface area contributed by atoms with E-state index >= 15 is 0 Å². The third-order valence-corrected chi connectivity index (χ3v) is 3.67. The van der Waals surface area contributed by atoms with Crippen molar-refractivity contribution in [3.63, 3.8) is 0 Å². The van der Waals surface area contributed by atoms with E-state index in [-0.39, 0.29) is 0 Å². The highest BCUT2D eigenvalue weighted by Gasteiger charge is 2.17. The molecule has 20 heavy (non-hydrogen) atoms. The Hall–Kier alpha value is -1.95. The molecule has 1 aliphatic rings. The zero-order valence-electron chi connectivity index (χ0n) is 11.6. The van der Waals surface area contributed by atoms with Gasteiger partial charge in [-0.2, -0.15) is 0 Å². The third kappa shape index (κ3) is 2.65. The number of tetrazole rings is 1. The number of hydrogen-bond donors (Lipinski definition) is 1. The van der Waals surface area contributed by atoms with Gasteiger partial charge in [0.05, 0.1) is 6.10 Å². The maximum Gasteiger partial charge on any atom is 0.184 e. The van der Waals surface area contributed by atoms with Gasteiger partial charge in [0.25, 0.3) is 0 Å². The number of aromatic nitrogens is 4. The normalized spacial score (nSPS) is 18.6. The summed E-state index contributed by atoms with van der Waals surface area (Å²) in [5.74, 6) is 0.726. The summed E-state index contributed by atoms with van der Waals surface area (Å²) in [6.07, 6.45) is 3.55. The number of aryl methyl sites for hydroxylation is 2. The standard InChI is InChI=1S/C14H19N5O/c1-10-4-5-13(15)12(9-10)14-16-17-18-19(14)7-6-11-3-2-8-20-11/h4-5,9,11H,2-3,6-8,15H2,1H3. The average Bonchev–Trinajstić information content (AvgIpc) is 3.09. The van der Waals surface area contributed by atoms with Gasteiger partial charge >= 0.3 is 0 Å². The lowest BCUT2D eigenvalue weighted by Gasteiger charge is -2.11. The van der Waals surface area contributed by atoms with Crippen molar-refractivity contribution >= 4 is 5.69 Å². The molecule has 106 valence electrons. The molecule has 1 aromatic heterocycles. The van der Waals surface area contributed by atoms with E-state index in [9.17, 15) is 0 Å². The van der Waals surface area contributed by atoms with Crippen LogP contribution in [-0.4, -0.2) is 32.9 Å². The molecule has 0 saturated carbocycles. The SMILES string of the molecule is Cc1ccc(N)c(-c2nnnn2CCC2CCCO2)c1. The van der Waals surface area contributed by atoms with Crippen molar-refractivity contribution in [3.8, 4) is 11.4 Å². The first-order valence-corrected chi connectivity index (χ1v) is 6.98. The van der Waals surface area contributed by atoms with Crippen molar-refractivity contribution in [3.05, 3.63) is 23.8 Å². The molecule has 0 radical (unpaired) electrons. The van der Waals surface area contributed by atoms with Crippen molar-refractivity contribution in [2.45, 2.75) is 38.8 Å². The van der Waals surface area contributed by atoms with Crippen LogP contribution in [0, 0.1) is 6.92 Å². The smallest absolute Gasteiger partial charge is 0.184 e. The van der Waals surface area contributed by atoms with E-state index in [4.69, 9.17) is 10.5 Å². The number of benzene rings is 1. The number of nitrogens with zero attached hydrogens (tertiary/aromatic N) is 4. The van der Waals surface area contributed by atoms with Crippen molar-refractivity contribution in [1.29, 1.82) is 0 Å². The molecule has 2 aromatic rings. The number of nitrogen functional groups attached to an aromatic ring is 1. The predicted octanol–water partition coefficient (Wildman–Crippen LogP) is 1.80. The Morgan fingerprint density at radius 2 is 2.35 bits per heavy atom. The fraction of sp³-hybridized carbons (Fsp3) is 0.500. The largest absolute Gasteiger partial charge is 0.398 e. The fourth-order valence-electron chi connectivity index (χ4n) is 2.55. The van der Waals surface area contributed by atoms with Crippen molar-refractivity contribution < 1.29 is 4.74 Å². The molecule has 1 aromatic carbocycles. The van der Waals surface area contributed by atoms with Gasteiger partial charge in [0.2, 0.25) is 0 Å². The van der Waals surface area contributed by atoms with Gasteiger partial charge in [0, 0.05) is 24.4 Å². The van der Waals surface area contributed by atoms with Crippen LogP contribution >= 0.6 is 0 Å². The number of hydrogen-bond acceptors (Lipinski definition) is 5. The highest BCUT2D eigenvalue weighted by molar-refractivity contribution is 5.71. The van der Waals surface area contributed by atoms with Crippen LogP contribution in [0.5, 0.6) is 0 Å². The van der Waals surface area contributed by atoms with E-state index in [1.807, 2.05) is 29.8 Å². The van der Waals surface area contributed by atoms with Gasteiger partial charge in [0.1, 0.15) is 0 Å². The van der Waals surface area contributed by atoms with E-state index in [2.05, 4.69) is 15.5 Å². The zero-order valence-corrected chi connectivity index (χ0v) is 11.6. The van der Waals surface area contributed by atoms with Gasteiger partial charge in [0.15, 0.2) is 5.82 Å². The summed E-state index contributed by atoms with van der Waals surface area (Å²) in [6, 6.07) is 5.90. The summed E-state index contributed by atoms with van der Waals surface area (Å²) in [5.41, 5.74) is 8.76. The number of rotatable bonds is 4. The predicted molar refractivity (Wildman–Crippen MR) is 76.0 cm³/mol. The summed E-state index contributed by atoms with van der Waals surface area (Å²) < 4.78 is 7.45. The fourth-order valence-corrected chi connectivity index (χ4v) is 2.55. The molecule has 0 aliphatic carbocycles. The molecule has 1 aliphatic heterocycles. The summed E-state index contributed by atoms with van der Waals surface area (Å²) in [5, 5.41) is 12.0. The first-order chi connectivity index (χ1) is 9.74. The number of ether oxygens (including phenoxy) is 1. The van der Waals surface area contributed by atoms with Crippen LogP contribution in [-0.2, 0) is 11.3 Å². The van der Waals surface area contributed by atoms with Crippen LogP contribution in [0.25, 0.3) is 11.4 Å². The van der Waals surface area contributed by atoms with Crippen molar-refractivity contribution in [1.82, 2.24) is 20.2 Å². The average molecular weight is 273 g/mol. The van der Waals surface area contributed by atoms with Crippen LogP contribution in [0.3, 0.4) is 0 Å². The van der Waals surface area contributed by atoms with E-state index in [0.717, 1.165) is 49.4 Å². The molecule has 6 nitrogen and oxygen atoms in total. The molecule has 0 spiro atoms. The maximum absolute atomic E-state index is 6.03. The summed E-state index contributed by atoms with van der Waals surface area (Å²) in [7, 11) is 0. The Morgan fingerprint density at radius 1 is 1.45 bits per heavy atom. The monoisotopic (exact) mass is 273 g/mol. The van der Waals surface area contributed by atoms with Gasteiger partial charge in [-0.05, 0) is 48.7 Å². The summed E-state index contributed by atoms with van der Waals surface area (Å²) >= 11 is 0. The Morgan fingerprint density at radius 3 is 3.15 bits per heavy atom. The minimum Gasteiger partial charge on any atom is -0.398 e. The molecule has 1 atom stereocenters. The van der Waals surface area contributed by atoms with Crippen LogP contribution in [0.2, 0.25) is 0 Å². The molecular formula is C14H19N5O. The molecule has 0 bridgehead atoms. The first kappa shape index (κ1) is 13.1. The molecule has 1 fully saturated rings. The van der Waals surface area contributed by atoms with E-state index in [1.165, 1.54) is 0 Å². The van der Waals surface area contributed by atoms with Gasteiger partial charge < -0.3 is 10.5 Å². The van der Waals surface area contributed by atoms with E-state index < -0.39 is 0 Å². The lowest BCUT2D eigenvalue weighted by Crippen LogP contribution is -2.12. The lowest BCUT2D eigenvalue weighted by atomic mass is 10.1. The number of anilines is 1. The Kier molecular flexibility index (Phi) is 3.64. The van der Waals surface area contributed by atoms with Crippen LogP contribution in [0.1, 0.15) is 24.8 Å². The Balaban J connectivity index is 1.80. The van der Waals surface area contributed by atoms with Crippen molar-refractivity contribution in [2.24, 2.45) is 0 Å². The van der Waals surface area contributed by atoms with Crippen LogP contribution in [0.4, 0.5) is 5.69 Å². The second-order valence-electron chi connectivity index (χ2n) is 5.24. The zero-order chi connectivity index (χ0) is 13.9. The van der Waals surface area contributed by atoms with Gasteiger partial charge in [-0.1, -0.05) is 11.6 Å². The maximum atomic E-state index is 6.03. The number of nitrogens with two attached hydrogens (primary N) is 1. The van der Waals surface area contributed by atoms with Crippen LogP contribution < -0.4 is 5.73 Å². The minimum atomic E-state index is 0.335. The topological polar surface area (TPSA) is 78.9 Å². The molecule has 2 heterocycles. The second kappa shape index (κ2) is 5.58. The molecule has 1 saturated heterocycles. The van der Waals surface area contributed by atoms with Gasteiger partial charge in [-0.3, -0.25) is 0 Å². The Bertz CT molecular complexity index is 589. The highest BCUT2D eigenvalue weighted by Crippen LogP contribution is 2.25. The molecule has 3 rings (SSSR count). The Labute approximate surface area is 117 Å². The van der Waals surface area contributed by atoms with Crippen LogP contribution in [0.15, 0.2) is 18.2 Å². The first-order valence-electron chi connectivity index (χ1n) is 6.98. The summed E-state index contributed by atoms with van der Waals surface area (Å²) in [6.45, 7) is 3.65. The highest BCUT2D eigenvalue weighted by atomic mass is 16.5. The van der Waals surface area contributed by atoms with Gasteiger partial charge in [-0.15, -0.1) is 5.10 Å². The molecule has 6 heteroatoms. The van der Waals surface area contributed by atoms with Crippen molar-refractivity contribution in [2.75, 3.05) is 12.3 Å². The summed E-state index contributed by atoms with van der Waals surface area (Å²) in [4.78, 5) is 0. The second-order valence-corrected chi connectivity index (χ2v) is 5.24. The molecular weight excluding hydrogens is 254 g/mol. The molecule has 2 N–H and O–H groups in total. The quantitative estimate of drug-likeness (QED) is 0.859.